The van der Waals surface area contributed by atoms with Crippen molar-refractivity contribution >= 4 is 34.2 Å². The number of halogens is 2. The van der Waals surface area contributed by atoms with Gasteiger partial charge in [-0.3, -0.25) is 0 Å². The van der Waals surface area contributed by atoms with Gasteiger partial charge in [-0.2, -0.15) is 0 Å². The third kappa shape index (κ3) is 2.98. The Balaban J connectivity index is 1.93. The number of aromatic amines is 1. The fraction of sp³-hybridized carbons (Fsp3) is 0.235. The van der Waals surface area contributed by atoms with Crippen LogP contribution in [0.3, 0.4) is 0 Å². The zero-order valence-electron chi connectivity index (χ0n) is 12.3. The van der Waals surface area contributed by atoms with Crippen LogP contribution in [0.15, 0.2) is 30.3 Å². The number of aliphatic hydroxyl groups is 1. The molecule has 1 aromatic heterocycles. The summed E-state index contributed by atoms with van der Waals surface area (Å²) in [4.78, 5) is 7.66. The fourth-order valence-electron chi connectivity index (χ4n) is 2.65. The molecule has 3 nitrogen and oxygen atoms in total. The number of aliphatic hydroxyl groups excluding tert-OH is 1. The van der Waals surface area contributed by atoms with Crippen LogP contribution in [0.25, 0.3) is 11.0 Å². The van der Waals surface area contributed by atoms with Gasteiger partial charge in [0.15, 0.2) is 0 Å². The maximum absolute atomic E-state index is 10.5. The van der Waals surface area contributed by atoms with Crippen molar-refractivity contribution in [1.29, 1.82) is 0 Å². The molecule has 0 fully saturated rings. The molecule has 1 heterocycles. The highest BCUT2D eigenvalue weighted by molar-refractivity contribution is 6.35. The van der Waals surface area contributed by atoms with E-state index >= 15 is 0 Å². The van der Waals surface area contributed by atoms with Crippen molar-refractivity contribution in [2.45, 2.75) is 26.4 Å². The van der Waals surface area contributed by atoms with Crippen LogP contribution in [0, 0.1) is 13.8 Å². The van der Waals surface area contributed by atoms with Crippen molar-refractivity contribution in [3.8, 4) is 0 Å². The number of hydrogen-bond acceptors (Lipinski definition) is 2. The van der Waals surface area contributed by atoms with Crippen LogP contribution >= 0.6 is 23.2 Å². The minimum Gasteiger partial charge on any atom is -0.388 e. The van der Waals surface area contributed by atoms with Gasteiger partial charge in [0.1, 0.15) is 5.82 Å². The van der Waals surface area contributed by atoms with Crippen molar-refractivity contribution < 1.29 is 5.11 Å². The van der Waals surface area contributed by atoms with E-state index < -0.39 is 6.10 Å². The van der Waals surface area contributed by atoms with Crippen molar-refractivity contribution in [3.63, 3.8) is 0 Å². The molecule has 114 valence electrons. The second-order valence-corrected chi connectivity index (χ2v) is 6.36. The van der Waals surface area contributed by atoms with Crippen molar-refractivity contribution in [1.82, 2.24) is 9.97 Å². The quantitative estimate of drug-likeness (QED) is 0.725. The summed E-state index contributed by atoms with van der Waals surface area (Å²) < 4.78 is 0. The van der Waals surface area contributed by atoms with Crippen LogP contribution in [0.4, 0.5) is 0 Å². The van der Waals surface area contributed by atoms with Gasteiger partial charge in [0, 0.05) is 16.5 Å². The van der Waals surface area contributed by atoms with E-state index in [1.165, 1.54) is 0 Å². The maximum Gasteiger partial charge on any atom is 0.104 e. The lowest BCUT2D eigenvalue weighted by Gasteiger charge is -2.13. The van der Waals surface area contributed by atoms with Gasteiger partial charge in [-0.15, -0.1) is 0 Å². The molecule has 1 atom stereocenters. The van der Waals surface area contributed by atoms with Gasteiger partial charge in [0.05, 0.1) is 17.1 Å². The van der Waals surface area contributed by atoms with Crippen LogP contribution in [0.2, 0.25) is 10.0 Å². The minimum atomic E-state index is -0.634. The van der Waals surface area contributed by atoms with E-state index in [0.717, 1.165) is 33.5 Å². The predicted molar refractivity (Wildman–Crippen MR) is 90.7 cm³/mol. The first kappa shape index (κ1) is 15.3. The second-order valence-electron chi connectivity index (χ2n) is 5.51. The van der Waals surface area contributed by atoms with E-state index in [-0.39, 0.29) is 0 Å². The Hall–Kier alpha value is -1.55. The van der Waals surface area contributed by atoms with Gasteiger partial charge >= 0.3 is 0 Å². The van der Waals surface area contributed by atoms with E-state index in [1.54, 1.807) is 12.1 Å². The smallest absolute Gasteiger partial charge is 0.104 e. The molecule has 0 aliphatic rings. The maximum atomic E-state index is 10.5. The van der Waals surface area contributed by atoms with E-state index in [0.29, 0.717) is 16.5 Å². The summed E-state index contributed by atoms with van der Waals surface area (Å²) in [5, 5.41) is 11.7. The summed E-state index contributed by atoms with van der Waals surface area (Å²) in [7, 11) is 0. The summed E-state index contributed by atoms with van der Waals surface area (Å²) in [6, 6.07) is 9.23. The van der Waals surface area contributed by atoms with Crippen LogP contribution in [0.5, 0.6) is 0 Å². The molecule has 2 aromatic carbocycles. The van der Waals surface area contributed by atoms with Crippen molar-refractivity contribution in [2.24, 2.45) is 0 Å². The number of nitrogens with one attached hydrogen (secondary N) is 1. The molecule has 2 N–H and O–H groups in total. The molecule has 3 rings (SSSR count). The Labute approximate surface area is 138 Å². The molecule has 0 radical (unpaired) electrons. The summed E-state index contributed by atoms with van der Waals surface area (Å²) in [6.45, 7) is 3.91. The molecule has 0 spiro atoms. The standard InChI is InChI=1S/C17H16Cl2N2O/c1-9-5-12(6-15-17(9)21-10(2)20-15)16(22)7-11-3-4-13(18)8-14(11)19/h3-6,8,16,22H,7H2,1-2H3,(H,20,21). The van der Waals surface area contributed by atoms with Crippen molar-refractivity contribution in [2.75, 3.05) is 0 Å². The summed E-state index contributed by atoms with van der Waals surface area (Å²) in [5.41, 5.74) is 4.64. The molecular formula is C17H16Cl2N2O. The van der Waals surface area contributed by atoms with Crippen molar-refractivity contribution in [3.05, 3.63) is 62.9 Å². The first-order valence-corrected chi connectivity index (χ1v) is 7.78. The Kier molecular flexibility index (Phi) is 4.13. The van der Waals surface area contributed by atoms with Gasteiger partial charge in [0.25, 0.3) is 0 Å². The van der Waals surface area contributed by atoms with Gasteiger partial charge in [-0.1, -0.05) is 35.3 Å². The zero-order valence-corrected chi connectivity index (χ0v) is 13.8. The number of aromatic nitrogens is 2. The van der Waals surface area contributed by atoms with Gasteiger partial charge in [-0.25, -0.2) is 4.98 Å². The van der Waals surface area contributed by atoms with Crippen LogP contribution in [0.1, 0.15) is 28.6 Å². The molecular weight excluding hydrogens is 319 g/mol. The highest BCUT2D eigenvalue weighted by Gasteiger charge is 2.14. The predicted octanol–water partition coefficient (Wildman–Crippen LogP) is 4.76. The molecule has 0 aliphatic heterocycles. The normalized spacial score (nSPS) is 12.8. The highest BCUT2D eigenvalue weighted by Crippen LogP contribution is 2.28. The lowest BCUT2D eigenvalue weighted by molar-refractivity contribution is 0.178. The lowest BCUT2D eigenvalue weighted by Crippen LogP contribution is -2.03. The SMILES string of the molecule is Cc1nc2c(C)cc(C(O)Cc3ccc(Cl)cc3Cl)cc2[nH]1. The number of nitrogens with zero attached hydrogens (tertiary/aromatic N) is 1. The molecule has 0 bridgehead atoms. The number of aryl methyl sites for hydroxylation is 2. The third-order valence-electron chi connectivity index (χ3n) is 3.73. The van der Waals surface area contributed by atoms with Gasteiger partial charge < -0.3 is 10.1 Å². The number of rotatable bonds is 3. The van der Waals surface area contributed by atoms with Crippen LogP contribution < -0.4 is 0 Å². The molecule has 3 aromatic rings. The molecule has 1 unspecified atom stereocenters. The third-order valence-corrected chi connectivity index (χ3v) is 4.32. The molecule has 5 heteroatoms. The zero-order chi connectivity index (χ0) is 15.9. The number of benzene rings is 2. The Morgan fingerprint density at radius 3 is 2.68 bits per heavy atom. The number of H-pyrrole nitrogens is 1. The molecule has 0 saturated carbocycles. The molecule has 0 aliphatic carbocycles. The van der Waals surface area contributed by atoms with Gasteiger partial charge in [0.2, 0.25) is 0 Å². The minimum absolute atomic E-state index is 0.439. The van der Waals surface area contributed by atoms with Gasteiger partial charge in [-0.05, 0) is 48.7 Å². The largest absolute Gasteiger partial charge is 0.388 e. The Morgan fingerprint density at radius 2 is 1.95 bits per heavy atom. The molecule has 0 amide bonds. The highest BCUT2D eigenvalue weighted by atomic mass is 35.5. The average molecular weight is 335 g/mol. The number of imidazole rings is 1. The monoisotopic (exact) mass is 334 g/mol. The lowest BCUT2D eigenvalue weighted by atomic mass is 9.99. The first-order valence-electron chi connectivity index (χ1n) is 7.03. The second kappa shape index (κ2) is 5.92. The Bertz CT molecular complexity index is 842. The van der Waals surface area contributed by atoms with E-state index in [9.17, 15) is 5.11 Å². The fourth-order valence-corrected chi connectivity index (χ4v) is 3.13. The summed E-state index contributed by atoms with van der Waals surface area (Å²) in [6.07, 6.45) is -0.195. The molecule has 22 heavy (non-hydrogen) atoms. The number of hydrogen-bond donors (Lipinski definition) is 2. The van der Waals surface area contributed by atoms with Crippen LogP contribution in [-0.2, 0) is 6.42 Å². The first-order chi connectivity index (χ1) is 10.4. The summed E-state index contributed by atoms with van der Waals surface area (Å²) >= 11 is 12.1. The van der Waals surface area contributed by atoms with Crippen LogP contribution in [-0.4, -0.2) is 15.1 Å². The topological polar surface area (TPSA) is 48.9 Å². The summed E-state index contributed by atoms with van der Waals surface area (Å²) in [5.74, 6) is 0.866. The average Bonchev–Trinajstić information content (AvgIpc) is 2.83. The van der Waals surface area contributed by atoms with E-state index in [2.05, 4.69) is 9.97 Å². The Morgan fingerprint density at radius 1 is 1.18 bits per heavy atom. The van der Waals surface area contributed by atoms with E-state index in [1.807, 2.05) is 32.0 Å². The number of fused-ring (bicyclic) bond motifs is 1. The van der Waals surface area contributed by atoms with E-state index in [4.69, 9.17) is 23.2 Å². The molecule has 0 saturated heterocycles.